The van der Waals surface area contributed by atoms with E-state index in [0.717, 1.165) is 17.0 Å². The first-order valence-electron chi connectivity index (χ1n) is 5.47. The van der Waals surface area contributed by atoms with Gasteiger partial charge in [0.25, 0.3) is 0 Å². The molecule has 0 saturated heterocycles. The lowest BCUT2D eigenvalue weighted by atomic mass is 10.1. The van der Waals surface area contributed by atoms with Crippen LogP contribution in [0.3, 0.4) is 0 Å². The number of nitrogens with one attached hydrogen (secondary N) is 1. The number of H-pyrrole nitrogens is 1. The van der Waals surface area contributed by atoms with E-state index in [1.54, 1.807) is 6.20 Å². The van der Waals surface area contributed by atoms with Crippen LogP contribution in [0.15, 0.2) is 36.5 Å². The quantitative estimate of drug-likeness (QED) is 0.841. The minimum absolute atomic E-state index is 0.188. The van der Waals surface area contributed by atoms with Crippen LogP contribution in [0.4, 0.5) is 0 Å². The minimum Gasteiger partial charge on any atom is -0.491 e. The highest BCUT2D eigenvalue weighted by Crippen LogP contribution is 2.20. The van der Waals surface area contributed by atoms with E-state index in [1.807, 2.05) is 44.2 Å². The smallest absolute Gasteiger partial charge is 0.197 e. The summed E-state index contributed by atoms with van der Waals surface area (Å²) < 4.78 is 6.08. The molecule has 0 spiro atoms. The summed E-state index contributed by atoms with van der Waals surface area (Å²) in [5.41, 5.74) is 2.02. The zero-order valence-corrected chi connectivity index (χ0v) is 10.6. The molecule has 2 aromatic rings. The van der Waals surface area contributed by atoms with Crippen molar-refractivity contribution in [3.8, 4) is 17.0 Å². The van der Waals surface area contributed by atoms with Crippen LogP contribution in [0.1, 0.15) is 13.8 Å². The molecule has 0 radical (unpaired) electrons. The molecule has 1 N–H and O–H groups in total. The molecule has 17 heavy (non-hydrogen) atoms. The zero-order valence-electron chi connectivity index (χ0n) is 9.81. The van der Waals surface area contributed by atoms with E-state index in [9.17, 15) is 0 Å². The Balaban J connectivity index is 2.26. The predicted octanol–water partition coefficient (Wildman–Crippen LogP) is 3.59. The normalized spacial score (nSPS) is 10.5. The lowest BCUT2D eigenvalue weighted by Crippen LogP contribution is -2.05. The predicted molar refractivity (Wildman–Crippen MR) is 70.6 cm³/mol. The van der Waals surface area contributed by atoms with Gasteiger partial charge >= 0.3 is 0 Å². The molecule has 3 nitrogen and oxygen atoms in total. The summed E-state index contributed by atoms with van der Waals surface area (Å²) >= 11 is 4.99. The Kier molecular flexibility index (Phi) is 3.54. The van der Waals surface area contributed by atoms with Gasteiger partial charge in [-0.1, -0.05) is 0 Å². The second-order valence-corrected chi connectivity index (χ2v) is 4.37. The van der Waals surface area contributed by atoms with Crippen LogP contribution in [0.2, 0.25) is 0 Å². The van der Waals surface area contributed by atoms with Gasteiger partial charge < -0.3 is 9.72 Å². The number of benzene rings is 1. The van der Waals surface area contributed by atoms with Crippen LogP contribution in [0.25, 0.3) is 11.3 Å². The molecule has 4 heteroatoms. The van der Waals surface area contributed by atoms with Crippen molar-refractivity contribution in [2.24, 2.45) is 0 Å². The van der Waals surface area contributed by atoms with Gasteiger partial charge in [0.05, 0.1) is 6.10 Å². The molecule has 0 fully saturated rings. The standard InChI is InChI=1S/C13H14N2OS/c1-9(2)16-11-5-3-10(4-6-11)12-7-8-14-13(17)15-12/h3-9H,1-2H3,(H,14,15,17). The van der Waals surface area contributed by atoms with Crippen molar-refractivity contribution in [2.45, 2.75) is 20.0 Å². The molecule has 0 aliphatic rings. The highest BCUT2D eigenvalue weighted by Gasteiger charge is 2.00. The summed E-state index contributed by atoms with van der Waals surface area (Å²) in [5.74, 6) is 0.872. The number of aromatic amines is 1. The first-order valence-corrected chi connectivity index (χ1v) is 5.88. The van der Waals surface area contributed by atoms with Crippen LogP contribution in [0.5, 0.6) is 5.75 Å². The summed E-state index contributed by atoms with van der Waals surface area (Å²) in [6.07, 6.45) is 1.89. The summed E-state index contributed by atoms with van der Waals surface area (Å²) in [5, 5.41) is 0. The molecule has 88 valence electrons. The molecule has 0 amide bonds. The number of ether oxygens (including phenoxy) is 1. The van der Waals surface area contributed by atoms with Crippen LogP contribution < -0.4 is 4.74 Å². The lowest BCUT2D eigenvalue weighted by molar-refractivity contribution is 0.242. The fourth-order valence-electron chi connectivity index (χ4n) is 1.52. The van der Waals surface area contributed by atoms with Crippen molar-refractivity contribution in [2.75, 3.05) is 0 Å². The Morgan fingerprint density at radius 3 is 2.47 bits per heavy atom. The van der Waals surface area contributed by atoms with Gasteiger partial charge in [-0.2, -0.15) is 0 Å². The van der Waals surface area contributed by atoms with Gasteiger partial charge in [-0.25, -0.2) is 4.98 Å². The number of aromatic nitrogens is 2. The first kappa shape index (κ1) is 11.8. The van der Waals surface area contributed by atoms with Crippen LogP contribution in [-0.4, -0.2) is 16.1 Å². The monoisotopic (exact) mass is 246 g/mol. The largest absolute Gasteiger partial charge is 0.491 e. The maximum Gasteiger partial charge on any atom is 0.197 e. The van der Waals surface area contributed by atoms with Crippen molar-refractivity contribution in [1.82, 2.24) is 9.97 Å². The van der Waals surface area contributed by atoms with Gasteiger partial charge in [-0.05, 0) is 62.0 Å². The zero-order chi connectivity index (χ0) is 12.3. The van der Waals surface area contributed by atoms with Crippen LogP contribution in [0, 0.1) is 4.77 Å². The van der Waals surface area contributed by atoms with Gasteiger partial charge in [0.1, 0.15) is 5.75 Å². The molecule has 0 atom stereocenters. The van der Waals surface area contributed by atoms with Crippen molar-refractivity contribution < 1.29 is 4.74 Å². The van der Waals surface area contributed by atoms with Crippen molar-refractivity contribution in [1.29, 1.82) is 0 Å². The third-order valence-electron chi connectivity index (χ3n) is 2.21. The molecule has 0 saturated carbocycles. The van der Waals surface area contributed by atoms with Gasteiger partial charge in [0, 0.05) is 11.9 Å². The van der Waals surface area contributed by atoms with E-state index in [4.69, 9.17) is 17.0 Å². The van der Waals surface area contributed by atoms with Crippen LogP contribution >= 0.6 is 12.2 Å². The molecule has 0 aliphatic carbocycles. The number of hydrogen-bond acceptors (Lipinski definition) is 3. The third-order valence-corrected chi connectivity index (χ3v) is 2.42. The third kappa shape index (κ3) is 3.14. The second-order valence-electron chi connectivity index (χ2n) is 3.98. The average Bonchev–Trinajstić information content (AvgIpc) is 2.29. The van der Waals surface area contributed by atoms with Gasteiger partial charge in [-0.3, -0.25) is 0 Å². The van der Waals surface area contributed by atoms with Crippen molar-refractivity contribution >= 4 is 12.2 Å². The van der Waals surface area contributed by atoms with E-state index in [1.165, 1.54) is 0 Å². The van der Waals surface area contributed by atoms with Crippen molar-refractivity contribution in [3.63, 3.8) is 0 Å². The maximum atomic E-state index is 5.59. The fraction of sp³-hybridized carbons (Fsp3) is 0.231. The van der Waals surface area contributed by atoms with Crippen LogP contribution in [-0.2, 0) is 0 Å². The number of nitrogens with zero attached hydrogens (tertiary/aromatic N) is 1. The average molecular weight is 246 g/mol. The summed E-state index contributed by atoms with van der Waals surface area (Å²) in [7, 11) is 0. The Labute approximate surface area is 105 Å². The molecule has 1 aromatic carbocycles. The number of hydrogen-bond donors (Lipinski definition) is 1. The van der Waals surface area contributed by atoms with Gasteiger partial charge in [-0.15, -0.1) is 0 Å². The molecule has 2 rings (SSSR count). The first-order chi connectivity index (χ1) is 8.15. The highest BCUT2D eigenvalue weighted by atomic mass is 32.1. The van der Waals surface area contributed by atoms with E-state index in [2.05, 4.69) is 9.97 Å². The van der Waals surface area contributed by atoms with E-state index < -0.39 is 0 Å². The second kappa shape index (κ2) is 5.10. The topological polar surface area (TPSA) is 37.9 Å². The van der Waals surface area contributed by atoms with E-state index in [-0.39, 0.29) is 6.10 Å². The Hall–Kier alpha value is -1.68. The van der Waals surface area contributed by atoms with Gasteiger partial charge in [0.2, 0.25) is 0 Å². The Morgan fingerprint density at radius 2 is 1.88 bits per heavy atom. The maximum absolute atomic E-state index is 5.59. The molecule has 0 bridgehead atoms. The van der Waals surface area contributed by atoms with E-state index in [0.29, 0.717) is 4.77 Å². The highest BCUT2D eigenvalue weighted by molar-refractivity contribution is 7.71. The molecule has 0 aliphatic heterocycles. The number of rotatable bonds is 3. The molecule has 1 aromatic heterocycles. The van der Waals surface area contributed by atoms with Crippen molar-refractivity contribution in [3.05, 3.63) is 41.3 Å². The Morgan fingerprint density at radius 1 is 1.18 bits per heavy atom. The van der Waals surface area contributed by atoms with E-state index >= 15 is 0 Å². The lowest BCUT2D eigenvalue weighted by Gasteiger charge is -2.10. The molecule has 1 heterocycles. The molecular formula is C13H14N2OS. The molecular weight excluding hydrogens is 232 g/mol. The van der Waals surface area contributed by atoms with Gasteiger partial charge in [0.15, 0.2) is 4.77 Å². The Bertz CT molecular complexity index is 546. The SMILES string of the molecule is CC(C)Oc1ccc(-c2ccnc(=S)[nH]2)cc1. The summed E-state index contributed by atoms with van der Waals surface area (Å²) in [6, 6.07) is 9.80. The minimum atomic E-state index is 0.188. The fourth-order valence-corrected chi connectivity index (χ4v) is 1.69. The summed E-state index contributed by atoms with van der Waals surface area (Å²) in [6.45, 7) is 4.02. The summed E-state index contributed by atoms with van der Waals surface area (Å²) in [4.78, 5) is 7.00. The molecule has 0 unspecified atom stereocenters.